The first-order chi connectivity index (χ1) is 15.2. The fourth-order valence-corrected chi connectivity index (χ4v) is 4.03. The van der Waals surface area contributed by atoms with Gasteiger partial charge in [0.25, 0.3) is 0 Å². The predicted octanol–water partition coefficient (Wildman–Crippen LogP) is 3.90. The molecule has 0 radical (unpaired) electrons. The first-order valence-electron chi connectivity index (χ1n) is 10.8. The predicted molar refractivity (Wildman–Crippen MR) is 116 cm³/mol. The van der Waals surface area contributed by atoms with Crippen molar-refractivity contribution in [2.75, 3.05) is 19.7 Å². The normalized spacial score (nSPS) is 20.3. The number of carbonyl (C=O) groups excluding carboxylic acids is 3. The molecular weight excluding hydrogens is 414 g/mol. The summed E-state index contributed by atoms with van der Waals surface area (Å²) in [6, 6.07) is 8.01. The van der Waals surface area contributed by atoms with Crippen molar-refractivity contribution in [2.45, 2.75) is 57.7 Å². The molecule has 2 heterocycles. The molecule has 0 saturated carbocycles. The fourth-order valence-electron chi connectivity index (χ4n) is 4.03. The van der Waals surface area contributed by atoms with E-state index in [9.17, 15) is 14.4 Å². The van der Waals surface area contributed by atoms with Gasteiger partial charge in [0.1, 0.15) is 18.2 Å². The van der Waals surface area contributed by atoms with Crippen molar-refractivity contribution in [1.82, 2.24) is 9.80 Å². The Morgan fingerprint density at radius 2 is 1.91 bits per heavy atom. The van der Waals surface area contributed by atoms with E-state index in [0.717, 1.165) is 10.5 Å². The van der Waals surface area contributed by atoms with Gasteiger partial charge in [-0.05, 0) is 57.0 Å². The Morgan fingerprint density at radius 1 is 1.25 bits per heavy atom. The molecule has 2 aliphatic rings. The third-order valence-corrected chi connectivity index (χ3v) is 5.58. The van der Waals surface area contributed by atoms with Crippen molar-refractivity contribution < 1.29 is 23.9 Å². The molecule has 2 aliphatic heterocycles. The smallest absolute Gasteiger partial charge is 0.416 e. The Morgan fingerprint density at radius 3 is 2.50 bits per heavy atom. The van der Waals surface area contributed by atoms with Gasteiger partial charge in [0.15, 0.2) is 0 Å². The van der Waals surface area contributed by atoms with Crippen molar-refractivity contribution in [3.63, 3.8) is 0 Å². The summed E-state index contributed by atoms with van der Waals surface area (Å²) in [7, 11) is 0. The fraction of sp³-hybridized carbons (Fsp3) is 0.591. The lowest BCUT2D eigenvalue weighted by molar-refractivity contribution is -0.132. The van der Waals surface area contributed by atoms with Crippen LogP contribution < -0.4 is 0 Å². The summed E-state index contributed by atoms with van der Waals surface area (Å²) in [5, 5.41) is 3.74. The van der Waals surface area contributed by atoms with Crippen LogP contribution in [0.25, 0.3) is 10.4 Å². The Bertz CT molecular complexity index is 886. The maximum Gasteiger partial charge on any atom is 0.416 e. The van der Waals surface area contributed by atoms with Crippen LogP contribution in [0.3, 0.4) is 0 Å². The van der Waals surface area contributed by atoms with Crippen LogP contribution in [0.5, 0.6) is 0 Å². The van der Waals surface area contributed by atoms with Gasteiger partial charge in [-0.1, -0.05) is 35.4 Å². The van der Waals surface area contributed by atoms with Crippen LogP contribution in [0.4, 0.5) is 9.59 Å². The van der Waals surface area contributed by atoms with Gasteiger partial charge in [-0.25, -0.2) is 14.5 Å². The topological polar surface area (TPSA) is 125 Å². The van der Waals surface area contributed by atoms with E-state index in [0.29, 0.717) is 32.4 Å². The number of piperidine rings is 1. The monoisotopic (exact) mass is 443 g/mol. The Kier molecular flexibility index (Phi) is 7.25. The highest BCUT2D eigenvalue weighted by molar-refractivity contribution is 5.96. The van der Waals surface area contributed by atoms with Gasteiger partial charge in [0, 0.05) is 18.0 Å². The van der Waals surface area contributed by atoms with E-state index in [1.807, 2.05) is 30.3 Å². The van der Waals surface area contributed by atoms with E-state index in [1.54, 1.807) is 25.7 Å². The molecule has 3 rings (SSSR count). The minimum atomic E-state index is -1.04. The Hall–Kier alpha value is -3.26. The number of ether oxygens (including phenoxy) is 2. The number of nitrogens with zero attached hydrogens (tertiary/aromatic N) is 5. The molecule has 1 aromatic rings. The number of carbonyl (C=O) groups is 3. The number of amides is 3. The molecule has 0 bridgehead atoms. The zero-order valence-electron chi connectivity index (χ0n) is 18.6. The molecule has 1 aromatic carbocycles. The van der Waals surface area contributed by atoms with Gasteiger partial charge in [0.2, 0.25) is 5.91 Å². The summed E-state index contributed by atoms with van der Waals surface area (Å²) in [6.45, 7) is 6.25. The molecule has 0 N–H and O–H groups in total. The Balaban J connectivity index is 1.68. The van der Waals surface area contributed by atoms with Gasteiger partial charge >= 0.3 is 12.2 Å². The summed E-state index contributed by atoms with van der Waals surface area (Å²) in [5.41, 5.74) is 9.46. The van der Waals surface area contributed by atoms with E-state index in [4.69, 9.17) is 15.0 Å². The number of imide groups is 1. The maximum atomic E-state index is 13.3. The maximum absolute atomic E-state index is 13.3. The highest BCUT2D eigenvalue weighted by Crippen LogP contribution is 2.28. The summed E-state index contributed by atoms with van der Waals surface area (Å²) >= 11 is 0. The number of hydrogen-bond acceptors (Lipinski definition) is 6. The minimum Gasteiger partial charge on any atom is -0.447 e. The quantitative estimate of drug-likeness (QED) is 0.388. The SMILES string of the molecule is CC(C)(C)OC(=O)N1CCC([C@@H](N=[N+]=[N-])C(=O)N2C(=O)OC[C@H]2Cc2ccccc2)CC1. The van der Waals surface area contributed by atoms with Crippen LogP contribution >= 0.6 is 0 Å². The van der Waals surface area contributed by atoms with Crippen LogP contribution in [0.15, 0.2) is 35.4 Å². The van der Waals surface area contributed by atoms with Crippen LogP contribution in [0, 0.1) is 5.92 Å². The molecular formula is C22H29N5O5. The second kappa shape index (κ2) is 9.91. The molecule has 2 atom stereocenters. The van der Waals surface area contributed by atoms with E-state index in [1.165, 1.54) is 0 Å². The molecule has 0 aromatic heterocycles. The molecule has 10 nitrogen and oxygen atoms in total. The van der Waals surface area contributed by atoms with Crippen molar-refractivity contribution >= 4 is 18.1 Å². The number of rotatable bonds is 5. The summed E-state index contributed by atoms with van der Waals surface area (Å²) < 4.78 is 10.5. The largest absolute Gasteiger partial charge is 0.447 e. The standard InChI is InChI=1S/C22H29N5O5/c1-22(2,3)32-20(29)26-11-9-16(10-12-26)18(24-25-23)19(28)27-17(14-31-21(27)30)13-15-7-5-4-6-8-15/h4-8,16-18H,9-14H2,1-3H3/t17-,18-/m1/s1. The highest BCUT2D eigenvalue weighted by Gasteiger charge is 2.43. The van der Waals surface area contributed by atoms with E-state index in [2.05, 4.69) is 10.0 Å². The van der Waals surface area contributed by atoms with Crippen molar-refractivity contribution in [3.8, 4) is 0 Å². The number of hydrogen-bond donors (Lipinski definition) is 0. The molecule has 2 saturated heterocycles. The van der Waals surface area contributed by atoms with Gasteiger partial charge in [-0.2, -0.15) is 0 Å². The molecule has 10 heteroatoms. The van der Waals surface area contributed by atoms with E-state index in [-0.39, 0.29) is 12.5 Å². The molecule has 0 aliphatic carbocycles. The lowest BCUT2D eigenvalue weighted by atomic mass is 9.88. The molecule has 0 spiro atoms. The summed E-state index contributed by atoms with van der Waals surface area (Å²) in [4.78, 5) is 43.5. The van der Waals surface area contributed by atoms with Crippen LogP contribution in [0.2, 0.25) is 0 Å². The summed E-state index contributed by atoms with van der Waals surface area (Å²) in [5.74, 6) is -0.843. The van der Waals surface area contributed by atoms with Crippen LogP contribution in [-0.2, 0) is 20.7 Å². The third-order valence-electron chi connectivity index (χ3n) is 5.58. The molecule has 32 heavy (non-hydrogen) atoms. The van der Waals surface area contributed by atoms with E-state index >= 15 is 0 Å². The highest BCUT2D eigenvalue weighted by atomic mass is 16.6. The van der Waals surface area contributed by atoms with Gasteiger partial charge < -0.3 is 14.4 Å². The average Bonchev–Trinajstić information content (AvgIpc) is 3.11. The zero-order valence-corrected chi connectivity index (χ0v) is 18.6. The van der Waals surface area contributed by atoms with Gasteiger partial charge in [-0.3, -0.25) is 4.79 Å². The van der Waals surface area contributed by atoms with Crippen molar-refractivity contribution in [3.05, 3.63) is 46.3 Å². The van der Waals surface area contributed by atoms with Crippen LogP contribution in [-0.4, -0.2) is 65.3 Å². The van der Waals surface area contributed by atoms with E-state index < -0.39 is 35.8 Å². The van der Waals surface area contributed by atoms with Gasteiger partial charge in [-0.15, -0.1) is 0 Å². The zero-order chi connectivity index (χ0) is 23.3. The molecule has 3 amide bonds. The van der Waals surface area contributed by atoms with Crippen molar-refractivity contribution in [1.29, 1.82) is 0 Å². The number of cyclic esters (lactones) is 1. The summed E-state index contributed by atoms with van der Waals surface area (Å²) in [6.07, 6.45) is 0.245. The second-order valence-corrected chi connectivity index (χ2v) is 9.08. The lowest BCUT2D eigenvalue weighted by Crippen LogP contribution is -2.50. The molecule has 2 fully saturated rings. The third kappa shape index (κ3) is 5.70. The number of benzene rings is 1. The number of likely N-dealkylation sites (tertiary alicyclic amines) is 1. The lowest BCUT2D eigenvalue weighted by Gasteiger charge is -2.36. The van der Waals surface area contributed by atoms with Gasteiger partial charge in [0.05, 0.1) is 6.04 Å². The second-order valence-electron chi connectivity index (χ2n) is 9.08. The molecule has 0 unspecified atom stereocenters. The van der Waals surface area contributed by atoms with Crippen LogP contribution in [0.1, 0.15) is 39.2 Å². The number of azide groups is 1. The Labute approximate surface area is 187 Å². The minimum absolute atomic E-state index is 0.0968. The van der Waals surface area contributed by atoms with Crippen molar-refractivity contribution in [2.24, 2.45) is 11.0 Å². The molecule has 172 valence electrons. The average molecular weight is 444 g/mol. The first-order valence-corrected chi connectivity index (χ1v) is 10.8. The first kappa shape index (κ1) is 23.4.